The lowest BCUT2D eigenvalue weighted by Crippen LogP contribution is -1.99. The first kappa shape index (κ1) is 12.0. The predicted octanol–water partition coefficient (Wildman–Crippen LogP) is 1.73. The molecule has 2 rings (SSSR count). The van der Waals surface area contributed by atoms with Crippen molar-refractivity contribution in [3.8, 4) is 5.75 Å². The Morgan fingerprint density at radius 2 is 2.06 bits per heavy atom. The minimum atomic E-state index is 0.287. The minimum Gasteiger partial charge on any atom is -0.508 e. The molecule has 0 unspecified atom stereocenters. The first-order valence-corrected chi connectivity index (χ1v) is 6.39. The van der Waals surface area contributed by atoms with E-state index in [1.807, 2.05) is 12.1 Å². The van der Waals surface area contributed by atoms with Crippen LogP contribution in [0.1, 0.15) is 22.0 Å². The van der Waals surface area contributed by atoms with Crippen LogP contribution in [0.25, 0.3) is 0 Å². The lowest BCUT2D eigenvalue weighted by molar-refractivity contribution is 0.474. The van der Waals surface area contributed by atoms with E-state index in [0.29, 0.717) is 13.0 Å². The summed E-state index contributed by atoms with van der Waals surface area (Å²) in [6.07, 6.45) is 2.56. The van der Waals surface area contributed by atoms with Crippen molar-refractivity contribution in [1.82, 2.24) is 10.2 Å². The molecule has 90 valence electrons. The van der Waals surface area contributed by atoms with E-state index in [9.17, 15) is 5.11 Å². The van der Waals surface area contributed by atoms with Gasteiger partial charge in [-0.25, -0.2) is 0 Å². The number of nitrogens with two attached hydrogens (primary N) is 1. The fraction of sp³-hybridized carbons (Fsp3) is 0.333. The van der Waals surface area contributed by atoms with E-state index in [4.69, 9.17) is 5.73 Å². The van der Waals surface area contributed by atoms with Gasteiger partial charge in [0.2, 0.25) is 0 Å². The van der Waals surface area contributed by atoms with Crippen LogP contribution in [0.5, 0.6) is 5.75 Å². The Kier molecular flexibility index (Phi) is 4.06. The van der Waals surface area contributed by atoms with Crippen molar-refractivity contribution < 1.29 is 5.11 Å². The maximum Gasteiger partial charge on any atom is 0.121 e. The average molecular weight is 249 g/mol. The zero-order valence-electron chi connectivity index (χ0n) is 9.47. The highest BCUT2D eigenvalue weighted by Gasteiger charge is 2.05. The normalized spacial score (nSPS) is 10.6. The molecule has 5 heteroatoms. The standard InChI is InChI=1S/C12H15N3OS/c13-6-2-5-11-14-15-12(17-11)8-9-3-1-4-10(16)7-9/h1,3-4,7,16H,2,5-6,8,13H2. The molecule has 0 spiro atoms. The number of benzene rings is 1. The van der Waals surface area contributed by atoms with Gasteiger partial charge in [-0.2, -0.15) is 0 Å². The summed E-state index contributed by atoms with van der Waals surface area (Å²) in [6.45, 7) is 0.682. The molecule has 17 heavy (non-hydrogen) atoms. The molecular weight excluding hydrogens is 234 g/mol. The zero-order chi connectivity index (χ0) is 12.1. The maximum absolute atomic E-state index is 9.37. The second kappa shape index (κ2) is 5.75. The van der Waals surface area contributed by atoms with Crippen molar-refractivity contribution in [1.29, 1.82) is 0 Å². The Morgan fingerprint density at radius 1 is 1.24 bits per heavy atom. The Labute approximate surface area is 104 Å². The summed E-state index contributed by atoms with van der Waals surface area (Å²) in [5.74, 6) is 0.287. The van der Waals surface area contributed by atoms with Gasteiger partial charge >= 0.3 is 0 Å². The van der Waals surface area contributed by atoms with Gasteiger partial charge in [-0.05, 0) is 30.7 Å². The molecule has 0 radical (unpaired) electrons. The van der Waals surface area contributed by atoms with E-state index in [1.165, 1.54) is 0 Å². The largest absolute Gasteiger partial charge is 0.508 e. The quantitative estimate of drug-likeness (QED) is 0.846. The number of hydrogen-bond donors (Lipinski definition) is 2. The van der Waals surface area contributed by atoms with E-state index in [0.717, 1.165) is 28.4 Å². The topological polar surface area (TPSA) is 72.0 Å². The molecule has 1 heterocycles. The third kappa shape index (κ3) is 3.51. The lowest BCUT2D eigenvalue weighted by Gasteiger charge is -1.97. The Bertz CT molecular complexity index is 484. The molecule has 0 amide bonds. The molecule has 1 aromatic heterocycles. The molecule has 0 atom stereocenters. The monoisotopic (exact) mass is 249 g/mol. The van der Waals surface area contributed by atoms with Crippen LogP contribution in [-0.2, 0) is 12.8 Å². The minimum absolute atomic E-state index is 0.287. The molecule has 4 nitrogen and oxygen atoms in total. The number of phenols is 1. The maximum atomic E-state index is 9.37. The summed E-state index contributed by atoms with van der Waals surface area (Å²) in [5, 5.41) is 19.6. The van der Waals surface area contributed by atoms with Gasteiger partial charge in [0, 0.05) is 12.8 Å². The molecule has 0 saturated carbocycles. The predicted molar refractivity (Wildman–Crippen MR) is 68.2 cm³/mol. The smallest absolute Gasteiger partial charge is 0.121 e. The number of rotatable bonds is 5. The van der Waals surface area contributed by atoms with Crippen LogP contribution in [0.15, 0.2) is 24.3 Å². The summed E-state index contributed by atoms with van der Waals surface area (Å²) in [7, 11) is 0. The highest BCUT2D eigenvalue weighted by molar-refractivity contribution is 7.11. The number of phenolic OH excluding ortho intramolecular Hbond substituents is 1. The van der Waals surface area contributed by atoms with E-state index in [2.05, 4.69) is 10.2 Å². The van der Waals surface area contributed by atoms with Crippen molar-refractivity contribution in [2.45, 2.75) is 19.3 Å². The van der Waals surface area contributed by atoms with Crippen molar-refractivity contribution in [2.24, 2.45) is 5.73 Å². The molecule has 0 aliphatic carbocycles. The fourth-order valence-corrected chi connectivity index (χ4v) is 2.48. The van der Waals surface area contributed by atoms with Crippen molar-refractivity contribution in [3.05, 3.63) is 39.8 Å². The van der Waals surface area contributed by atoms with Gasteiger partial charge < -0.3 is 10.8 Å². The van der Waals surface area contributed by atoms with Crippen LogP contribution in [-0.4, -0.2) is 21.8 Å². The summed E-state index contributed by atoms with van der Waals surface area (Å²) in [4.78, 5) is 0. The van der Waals surface area contributed by atoms with Gasteiger partial charge in [0.15, 0.2) is 0 Å². The Balaban J connectivity index is 2.01. The van der Waals surface area contributed by atoms with Crippen LogP contribution < -0.4 is 5.73 Å². The molecular formula is C12H15N3OS. The Hall–Kier alpha value is -1.46. The van der Waals surface area contributed by atoms with Crippen LogP contribution in [0.3, 0.4) is 0 Å². The summed E-state index contributed by atoms with van der Waals surface area (Å²) in [5.41, 5.74) is 6.50. The van der Waals surface area contributed by atoms with Crippen LogP contribution in [0.4, 0.5) is 0 Å². The van der Waals surface area contributed by atoms with Gasteiger partial charge in [-0.3, -0.25) is 0 Å². The second-order valence-electron chi connectivity index (χ2n) is 3.83. The molecule has 0 bridgehead atoms. The van der Waals surface area contributed by atoms with Crippen LogP contribution in [0.2, 0.25) is 0 Å². The van der Waals surface area contributed by atoms with Gasteiger partial charge in [0.1, 0.15) is 15.8 Å². The number of aromatic nitrogens is 2. The first-order chi connectivity index (χ1) is 8.28. The zero-order valence-corrected chi connectivity index (χ0v) is 10.3. The van der Waals surface area contributed by atoms with E-state index in [-0.39, 0.29) is 5.75 Å². The van der Waals surface area contributed by atoms with E-state index >= 15 is 0 Å². The van der Waals surface area contributed by atoms with E-state index in [1.54, 1.807) is 23.5 Å². The third-order valence-corrected chi connectivity index (χ3v) is 3.35. The average Bonchev–Trinajstić information content (AvgIpc) is 2.74. The van der Waals surface area contributed by atoms with Crippen molar-refractivity contribution in [3.63, 3.8) is 0 Å². The molecule has 0 aliphatic heterocycles. The summed E-state index contributed by atoms with van der Waals surface area (Å²) >= 11 is 1.61. The van der Waals surface area contributed by atoms with Crippen LogP contribution >= 0.6 is 11.3 Å². The van der Waals surface area contributed by atoms with Crippen molar-refractivity contribution in [2.75, 3.05) is 6.54 Å². The molecule has 0 saturated heterocycles. The van der Waals surface area contributed by atoms with Gasteiger partial charge in [-0.15, -0.1) is 21.5 Å². The number of aromatic hydroxyl groups is 1. The van der Waals surface area contributed by atoms with E-state index < -0.39 is 0 Å². The van der Waals surface area contributed by atoms with Gasteiger partial charge in [-0.1, -0.05) is 12.1 Å². The molecule has 0 aliphatic rings. The summed E-state index contributed by atoms with van der Waals surface area (Å²) < 4.78 is 0. The molecule has 2 aromatic rings. The molecule has 1 aromatic carbocycles. The number of aryl methyl sites for hydroxylation is 1. The Morgan fingerprint density at radius 3 is 2.82 bits per heavy atom. The molecule has 0 fully saturated rings. The highest BCUT2D eigenvalue weighted by atomic mass is 32.1. The fourth-order valence-electron chi connectivity index (χ4n) is 1.56. The molecule has 3 N–H and O–H groups in total. The number of nitrogens with zero attached hydrogens (tertiary/aromatic N) is 2. The van der Waals surface area contributed by atoms with Gasteiger partial charge in [0.05, 0.1) is 0 Å². The third-order valence-electron chi connectivity index (χ3n) is 2.37. The SMILES string of the molecule is NCCCc1nnc(Cc2cccc(O)c2)s1. The highest BCUT2D eigenvalue weighted by Crippen LogP contribution is 2.18. The van der Waals surface area contributed by atoms with Crippen molar-refractivity contribution >= 4 is 11.3 Å². The number of hydrogen-bond acceptors (Lipinski definition) is 5. The first-order valence-electron chi connectivity index (χ1n) is 5.57. The van der Waals surface area contributed by atoms with Gasteiger partial charge in [0.25, 0.3) is 0 Å². The lowest BCUT2D eigenvalue weighted by atomic mass is 10.1. The summed E-state index contributed by atoms with van der Waals surface area (Å²) in [6, 6.07) is 7.22. The second-order valence-corrected chi connectivity index (χ2v) is 4.98. The van der Waals surface area contributed by atoms with Crippen LogP contribution in [0, 0.1) is 0 Å².